The lowest BCUT2D eigenvalue weighted by atomic mass is 10.1. The summed E-state index contributed by atoms with van der Waals surface area (Å²) in [6, 6.07) is 3.39. The van der Waals surface area contributed by atoms with E-state index in [2.05, 4.69) is 25.8 Å². The summed E-state index contributed by atoms with van der Waals surface area (Å²) >= 11 is 1.45. The number of hydrogen-bond acceptors (Lipinski definition) is 5. The van der Waals surface area contributed by atoms with E-state index < -0.39 is 0 Å². The van der Waals surface area contributed by atoms with Gasteiger partial charge in [-0.25, -0.2) is 4.79 Å². The monoisotopic (exact) mass is 289 g/mol. The van der Waals surface area contributed by atoms with E-state index in [4.69, 9.17) is 0 Å². The summed E-state index contributed by atoms with van der Waals surface area (Å²) in [6.45, 7) is 1.92. The molecule has 2 N–H and O–H groups in total. The molecule has 2 aromatic rings. The first-order valence-corrected chi connectivity index (χ1v) is 7.35. The van der Waals surface area contributed by atoms with Gasteiger partial charge in [-0.3, -0.25) is 10.3 Å². The summed E-state index contributed by atoms with van der Waals surface area (Å²) in [7, 11) is 0. The molecule has 0 radical (unpaired) electrons. The van der Waals surface area contributed by atoms with Crippen molar-refractivity contribution in [2.24, 2.45) is 0 Å². The molecular formula is C13H15N5OS. The Bertz CT molecular complexity index is 596. The number of carbonyl (C=O) groups excluding carboxylic acids is 1. The van der Waals surface area contributed by atoms with Crippen LogP contribution in [0.3, 0.4) is 0 Å². The van der Waals surface area contributed by atoms with Gasteiger partial charge in [0.15, 0.2) is 0 Å². The van der Waals surface area contributed by atoms with Crippen molar-refractivity contribution < 1.29 is 4.79 Å². The maximum absolute atomic E-state index is 11.9. The van der Waals surface area contributed by atoms with Crippen LogP contribution in [0.5, 0.6) is 0 Å². The summed E-state index contributed by atoms with van der Waals surface area (Å²) in [6.07, 6.45) is 5.77. The second kappa shape index (κ2) is 5.54. The van der Waals surface area contributed by atoms with E-state index in [0.717, 1.165) is 10.6 Å². The largest absolute Gasteiger partial charge is 0.331 e. The van der Waals surface area contributed by atoms with E-state index in [9.17, 15) is 4.79 Å². The smallest absolute Gasteiger partial charge is 0.321 e. The van der Waals surface area contributed by atoms with Gasteiger partial charge in [0.05, 0.1) is 6.04 Å². The zero-order valence-electron chi connectivity index (χ0n) is 11.0. The van der Waals surface area contributed by atoms with Crippen molar-refractivity contribution in [3.63, 3.8) is 0 Å². The standard InChI is InChI=1S/C13H15N5OS/c1-8(9-4-6-14-7-5-9)15-12(19)16-13-18-17-11(20-13)10-2-3-10/h4-8,10H,2-3H2,1H3,(H2,15,16,18,19)/t8-/m1/s1. The van der Waals surface area contributed by atoms with Crippen molar-refractivity contribution >= 4 is 22.5 Å². The summed E-state index contributed by atoms with van der Waals surface area (Å²) in [4.78, 5) is 15.8. The second-order valence-electron chi connectivity index (χ2n) is 4.82. The van der Waals surface area contributed by atoms with Crippen LogP contribution < -0.4 is 10.6 Å². The fourth-order valence-corrected chi connectivity index (χ4v) is 2.75. The molecule has 1 aliphatic rings. The lowest BCUT2D eigenvalue weighted by Crippen LogP contribution is -2.31. The molecule has 1 atom stereocenters. The topological polar surface area (TPSA) is 79.8 Å². The van der Waals surface area contributed by atoms with Crippen LogP contribution in [0.2, 0.25) is 0 Å². The number of nitrogens with zero attached hydrogens (tertiary/aromatic N) is 3. The molecule has 3 rings (SSSR count). The second-order valence-corrected chi connectivity index (χ2v) is 5.83. The molecular weight excluding hydrogens is 274 g/mol. The first kappa shape index (κ1) is 13.0. The van der Waals surface area contributed by atoms with Crippen LogP contribution in [0, 0.1) is 0 Å². The molecule has 0 spiro atoms. The number of pyridine rings is 1. The molecule has 0 aromatic carbocycles. The van der Waals surface area contributed by atoms with Crippen LogP contribution in [-0.2, 0) is 0 Å². The zero-order valence-corrected chi connectivity index (χ0v) is 11.9. The van der Waals surface area contributed by atoms with E-state index in [0.29, 0.717) is 11.0 Å². The Morgan fingerprint density at radius 1 is 1.35 bits per heavy atom. The number of rotatable bonds is 4. The number of amides is 2. The first-order chi connectivity index (χ1) is 9.72. The van der Waals surface area contributed by atoms with Crippen molar-refractivity contribution in [3.8, 4) is 0 Å². The van der Waals surface area contributed by atoms with E-state index >= 15 is 0 Å². The number of nitrogens with one attached hydrogen (secondary N) is 2. The van der Waals surface area contributed by atoms with E-state index in [1.807, 2.05) is 19.1 Å². The highest BCUT2D eigenvalue weighted by Gasteiger charge is 2.27. The highest BCUT2D eigenvalue weighted by molar-refractivity contribution is 7.15. The van der Waals surface area contributed by atoms with Crippen molar-refractivity contribution in [3.05, 3.63) is 35.1 Å². The fourth-order valence-electron chi connectivity index (χ4n) is 1.85. The highest BCUT2D eigenvalue weighted by atomic mass is 32.1. The fraction of sp³-hybridized carbons (Fsp3) is 0.385. The molecule has 2 aromatic heterocycles. The molecule has 7 heteroatoms. The Morgan fingerprint density at radius 2 is 2.10 bits per heavy atom. The van der Waals surface area contributed by atoms with Crippen molar-refractivity contribution in [2.45, 2.75) is 31.7 Å². The van der Waals surface area contributed by atoms with Gasteiger partial charge >= 0.3 is 6.03 Å². The number of hydrogen-bond donors (Lipinski definition) is 2. The molecule has 1 fully saturated rings. The van der Waals surface area contributed by atoms with Gasteiger partial charge in [-0.15, -0.1) is 10.2 Å². The molecule has 1 saturated carbocycles. The van der Waals surface area contributed by atoms with Gasteiger partial charge < -0.3 is 5.32 Å². The minimum Gasteiger partial charge on any atom is -0.331 e. The Hall–Kier alpha value is -2.02. The number of carbonyl (C=O) groups is 1. The summed E-state index contributed by atoms with van der Waals surface area (Å²) in [5, 5.41) is 15.2. The molecule has 1 aliphatic carbocycles. The average molecular weight is 289 g/mol. The van der Waals surface area contributed by atoms with Crippen LogP contribution in [0.25, 0.3) is 0 Å². The average Bonchev–Trinajstić information content (AvgIpc) is 3.20. The van der Waals surface area contributed by atoms with E-state index in [1.54, 1.807) is 12.4 Å². The normalized spacial score (nSPS) is 15.7. The molecule has 0 bridgehead atoms. The molecule has 2 heterocycles. The van der Waals surface area contributed by atoms with Gasteiger partial charge in [0, 0.05) is 18.3 Å². The third-order valence-electron chi connectivity index (χ3n) is 3.14. The molecule has 104 valence electrons. The van der Waals surface area contributed by atoms with Crippen LogP contribution in [0.1, 0.15) is 42.3 Å². The summed E-state index contributed by atoms with van der Waals surface area (Å²) < 4.78 is 0. The first-order valence-electron chi connectivity index (χ1n) is 6.53. The van der Waals surface area contributed by atoms with Crippen LogP contribution in [0.4, 0.5) is 9.93 Å². The third-order valence-corrected chi connectivity index (χ3v) is 4.14. The van der Waals surface area contributed by atoms with E-state index in [1.165, 1.54) is 24.2 Å². The molecule has 6 nitrogen and oxygen atoms in total. The molecule has 20 heavy (non-hydrogen) atoms. The Morgan fingerprint density at radius 3 is 2.80 bits per heavy atom. The predicted molar refractivity (Wildman–Crippen MR) is 76.7 cm³/mol. The van der Waals surface area contributed by atoms with Crippen molar-refractivity contribution in [2.75, 3.05) is 5.32 Å². The third kappa shape index (κ3) is 3.11. The quantitative estimate of drug-likeness (QED) is 0.907. The van der Waals surface area contributed by atoms with Crippen LogP contribution in [0.15, 0.2) is 24.5 Å². The lowest BCUT2D eigenvalue weighted by molar-refractivity contribution is 0.249. The Balaban J connectivity index is 1.56. The maximum Gasteiger partial charge on any atom is 0.321 e. The number of anilines is 1. The minimum absolute atomic E-state index is 0.0891. The highest BCUT2D eigenvalue weighted by Crippen LogP contribution is 2.41. The van der Waals surface area contributed by atoms with E-state index in [-0.39, 0.29) is 12.1 Å². The van der Waals surface area contributed by atoms with Gasteiger partial charge in [-0.1, -0.05) is 11.3 Å². The predicted octanol–water partition coefficient (Wildman–Crippen LogP) is 2.69. The van der Waals surface area contributed by atoms with Gasteiger partial charge in [0.2, 0.25) is 5.13 Å². The Kier molecular flexibility index (Phi) is 3.60. The van der Waals surface area contributed by atoms with Gasteiger partial charge in [0.1, 0.15) is 5.01 Å². The molecule has 0 unspecified atom stereocenters. The van der Waals surface area contributed by atoms with Gasteiger partial charge in [-0.05, 0) is 37.5 Å². The molecule has 0 aliphatic heterocycles. The number of aromatic nitrogens is 3. The molecule has 2 amide bonds. The van der Waals surface area contributed by atoms with Gasteiger partial charge in [-0.2, -0.15) is 0 Å². The molecule has 0 saturated heterocycles. The Labute approximate surface area is 120 Å². The summed E-state index contributed by atoms with van der Waals surface area (Å²) in [5.74, 6) is 0.557. The van der Waals surface area contributed by atoms with Crippen LogP contribution >= 0.6 is 11.3 Å². The van der Waals surface area contributed by atoms with Crippen molar-refractivity contribution in [1.29, 1.82) is 0 Å². The SMILES string of the molecule is C[C@@H](NC(=O)Nc1nnc(C2CC2)s1)c1ccncc1. The van der Waals surface area contributed by atoms with Crippen LogP contribution in [-0.4, -0.2) is 21.2 Å². The maximum atomic E-state index is 11.9. The van der Waals surface area contributed by atoms with Crippen molar-refractivity contribution in [1.82, 2.24) is 20.5 Å². The zero-order chi connectivity index (χ0) is 13.9. The number of urea groups is 1. The lowest BCUT2D eigenvalue weighted by Gasteiger charge is -2.13. The minimum atomic E-state index is -0.271. The van der Waals surface area contributed by atoms with Gasteiger partial charge in [0.25, 0.3) is 0 Å². The summed E-state index contributed by atoms with van der Waals surface area (Å²) in [5.41, 5.74) is 1.01.